The van der Waals surface area contributed by atoms with Crippen molar-refractivity contribution in [3.63, 3.8) is 0 Å². The van der Waals surface area contributed by atoms with Gasteiger partial charge in [0, 0.05) is 16.6 Å². The van der Waals surface area contributed by atoms with E-state index >= 15 is 0 Å². The summed E-state index contributed by atoms with van der Waals surface area (Å²) < 4.78 is 0. The fourth-order valence-corrected chi connectivity index (χ4v) is 2.15. The molecule has 2 aromatic carbocycles. The summed E-state index contributed by atoms with van der Waals surface area (Å²) in [4.78, 5) is 12.1. The molecular weight excluding hydrogens is 306 g/mol. The van der Waals surface area contributed by atoms with Crippen molar-refractivity contribution in [2.45, 2.75) is 12.3 Å². The van der Waals surface area contributed by atoms with Gasteiger partial charge in [-0.15, -0.1) is 0 Å². The number of aryl methyl sites for hydroxylation is 1. The number of phenols is 1. The van der Waals surface area contributed by atoms with E-state index in [-0.39, 0.29) is 11.7 Å². The van der Waals surface area contributed by atoms with Crippen LogP contribution < -0.4 is 5.32 Å². The van der Waals surface area contributed by atoms with E-state index in [2.05, 4.69) is 21.2 Å². The Hall–Kier alpha value is -1.81. The molecule has 0 saturated carbocycles. The lowest BCUT2D eigenvalue weighted by molar-refractivity contribution is 0.102. The van der Waals surface area contributed by atoms with Crippen LogP contribution in [0.25, 0.3) is 0 Å². The number of carbonyl (C=O) groups is 1. The number of halogens is 1. The van der Waals surface area contributed by atoms with Crippen molar-refractivity contribution < 1.29 is 9.90 Å². The molecule has 1 amide bonds. The van der Waals surface area contributed by atoms with Gasteiger partial charge in [0.15, 0.2) is 0 Å². The molecule has 0 saturated heterocycles. The van der Waals surface area contributed by atoms with E-state index in [1.54, 1.807) is 19.1 Å². The van der Waals surface area contributed by atoms with E-state index in [9.17, 15) is 9.90 Å². The van der Waals surface area contributed by atoms with E-state index < -0.39 is 0 Å². The van der Waals surface area contributed by atoms with Crippen molar-refractivity contribution in [3.8, 4) is 5.75 Å². The van der Waals surface area contributed by atoms with E-state index in [0.29, 0.717) is 5.56 Å². The van der Waals surface area contributed by atoms with E-state index in [1.165, 1.54) is 6.07 Å². The second kappa shape index (κ2) is 5.89. The Balaban J connectivity index is 2.15. The second-order valence-electron chi connectivity index (χ2n) is 4.28. The fraction of sp³-hybridized carbons (Fsp3) is 0.133. The summed E-state index contributed by atoms with van der Waals surface area (Å²) in [6, 6.07) is 12.3. The number of nitrogens with one attached hydrogen (secondary N) is 1. The largest absolute Gasteiger partial charge is 0.508 e. The van der Waals surface area contributed by atoms with Crippen molar-refractivity contribution in [2.24, 2.45) is 0 Å². The first kappa shape index (κ1) is 13.6. The number of aromatic hydroxyl groups is 1. The van der Waals surface area contributed by atoms with Crippen molar-refractivity contribution in [2.75, 3.05) is 5.32 Å². The maximum absolute atomic E-state index is 12.1. The topological polar surface area (TPSA) is 49.3 Å². The molecule has 3 nitrogen and oxygen atoms in total. The Bertz CT molecular complexity index is 594. The van der Waals surface area contributed by atoms with Gasteiger partial charge in [-0.1, -0.05) is 28.1 Å². The molecule has 0 bridgehead atoms. The number of amides is 1. The Morgan fingerprint density at radius 2 is 1.89 bits per heavy atom. The number of hydrogen-bond acceptors (Lipinski definition) is 2. The van der Waals surface area contributed by atoms with Crippen LogP contribution in [0.4, 0.5) is 5.69 Å². The zero-order chi connectivity index (χ0) is 13.8. The van der Waals surface area contributed by atoms with Gasteiger partial charge < -0.3 is 10.4 Å². The molecule has 2 aromatic rings. The van der Waals surface area contributed by atoms with Gasteiger partial charge in [-0.3, -0.25) is 4.79 Å². The highest BCUT2D eigenvalue weighted by atomic mass is 79.9. The minimum Gasteiger partial charge on any atom is -0.508 e. The van der Waals surface area contributed by atoms with Gasteiger partial charge in [-0.25, -0.2) is 0 Å². The minimum atomic E-state index is -0.177. The molecule has 0 aliphatic heterocycles. The van der Waals surface area contributed by atoms with Crippen molar-refractivity contribution in [1.82, 2.24) is 0 Å². The van der Waals surface area contributed by atoms with Gasteiger partial charge in [-0.2, -0.15) is 0 Å². The third-order valence-electron chi connectivity index (χ3n) is 2.82. The quantitative estimate of drug-likeness (QED) is 0.844. The number of rotatable bonds is 3. The Labute approximate surface area is 120 Å². The zero-order valence-corrected chi connectivity index (χ0v) is 12.1. The van der Waals surface area contributed by atoms with Crippen LogP contribution in [0.2, 0.25) is 0 Å². The normalized spacial score (nSPS) is 10.2. The van der Waals surface area contributed by atoms with Crippen molar-refractivity contribution >= 4 is 27.5 Å². The maximum Gasteiger partial charge on any atom is 0.255 e. The summed E-state index contributed by atoms with van der Waals surface area (Å²) in [5, 5.41) is 13.0. The highest BCUT2D eigenvalue weighted by Crippen LogP contribution is 2.18. The van der Waals surface area contributed by atoms with Gasteiger partial charge in [-0.05, 0) is 48.4 Å². The van der Waals surface area contributed by atoms with Crippen LogP contribution in [0.3, 0.4) is 0 Å². The lowest BCUT2D eigenvalue weighted by Gasteiger charge is -2.08. The Morgan fingerprint density at radius 1 is 1.21 bits per heavy atom. The van der Waals surface area contributed by atoms with Crippen LogP contribution >= 0.6 is 15.9 Å². The average Bonchev–Trinajstić information content (AvgIpc) is 2.39. The predicted molar refractivity (Wildman–Crippen MR) is 79.9 cm³/mol. The van der Waals surface area contributed by atoms with Crippen molar-refractivity contribution in [1.29, 1.82) is 0 Å². The van der Waals surface area contributed by atoms with E-state index in [1.807, 2.05) is 24.3 Å². The number of hydrogen-bond donors (Lipinski definition) is 2. The second-order valence-corrected chi connectivity index (χ2v) is 4.84. The number of anilines is 1. The third kappa shape index (κ3) is 3.35. The number of carbonyl (C=O) groups excluding carboxylic acids is 1. The van der Waals surface area contributed by atoms with Crippen LogP contribution in [-0.4, -0.2) is 11.0 Å². The van der Waals surface area contributed by atoms with Gasteiger partial charge in [0.1, 0.15) is 5.75 Å². The summed E-state index contributed by atoms with van der Waals surface area (Å²) in [6.07, 6.45) is 0. The molecule has 0 aliphatic rings. The van der Waals surface area contributed by atoms with E-state index in [4.69, 9.17) is 0 Å². The van der Waals surface area contributed by atoms with Crippen LogP contribution in [0.1, 0.15) is 21.5 Å². The summed E-state index contributed by atoms with van der Waals surface area (Å²) in [7, 11) is 0. The minimum absolute atomic E-state index is 0.163. The maximum atomic E-state index is 12.1. The highest BCUT2D eigenvalue weighted by molar-refractivity contribution is 9.08. The van der Waals surface area contributed by atoms with Gasteiger partial charge in [0.2, 0.25) is 0 Å². The fourth-order valence-electron chi connectivity index (χ4n) is 1.78. The Kier molecular flexibility index (Phi) is 4.22. The molecule has 2 N–H and O–H groups in total. The molecule has 0 spiro atoms. The molecule has 98 valence electrons. The molecule has 2 rings (SSSR count). The van der Waals surface area contributed by atoms with Crippen LogP contribution in [0.15, 0.2) is 42.5 Å². The molecule has 0 unspecified atom stereocenters. The molecule has 0 fully saturated rings. The van der Waals surface area contributed by atoms with Crippen LogP contribution in [0, 0.1) is 6.92 Å². The first-order chi connectivity index (χ1) is 9.10. The molecule has 0 aromatic heterocycles. The van der Waals surface area contributed by atoms with E-state index in [0.717, 1.165) is 22.1 Å². The smallest absolute Gasteiger partial charge is 0.255 e. The number of benzene rings is 2. The summed E-state index contributed by atoms with van der Waals surface area (Å²) in [5.74, 6) is -0.0141. The number of alkyl halides is 1. The standard InChI is InChI=1S/C15H14BrNO2/c1-10-8-13(18)6-7-14(10)15(19)17-12-4-2-11(9-16)3-5-12/h2-8,18H,9H2,1H3,(H,17,19). The first-order valence-electron chi connectivity index (χ1n) is 5.86. The third-order valence-corrected chi connectivity index (χ3v) is 3.47. The Morgan fingerprint density at radius 3 is 2.47 bits per heavy atom. The summed E-state index contributed by atoms with van der Waals surface area (Å²) in [5.41, 5.74) is 3.21. The monoisotopic (exact) mass is 319 g/mol. The average molecular weight is 320 g/mol. The van der Waals surface area contributed by atoms with Crippen molar-refractivity contribution in [3.05, 3.63) is 59.2 Å². The lowest BCUT2D eigenvalue weighted by Crippen LogP contribution is -2.13. The highest BCUT2D eigenvalue weighted by Gasteiger charge is 2.09. The molecular formula is C15H14BrNO2. The molecule has 0 atom stereocenters. The molecule has 4 heteroatoms. The summed E-state index contributed by atoms with van der Waals surface area (Å²) in [6.45, 7) is 1.79. The predicted octanol–water partition coefficient (Wildman–Crippen LogP) is 3.85. The van der Waals surface area contributed by atoms with Crippen LogP contribution in [0.5, 0.6) is 5.75 Å². The van der Waals surface area contributed by atoms with Gasteiger partial charge in [0.05, 0.1) is 0 Å². The first-order valence-corrected chi connectivity index (χ1v) is 6.98. The van der Waals surface area contributed by atoms with Gasteiger partial charge in [0.25, 0.3) is 5.91 Å². The SMILES string of the molecule is Cc1cc(O)ccc1C(=O)Nc1ccc(CBr)cc1. The lowest BCUT2D eigenvalue weighted by atomic mass is 10.1. The zero-order valence-electron chi connectivity index (χ0n) is 10.5. The molecule has 0 radical (unpaired) electrons. The summed E-state index contributed by atoms with van der Waals surface area (Å²) >= 11 is 3.37. The number of phenolic OH excluding ortho intramolecular Hbond substituents is 1. The molecule has 0 heterocycles. The molecule has 19 heavy (non-hydrogen) atoms. The van der Waals surface area contributed by atoms with Crippen LogP contribution in [-0.2, 0) is 5.33 Å². The van der Waals surface area contributed by atoms with Gasteiger partial charge >= 0.3 is 0 Å². The molecule has 0 aliphatic carbocycles.